The molecule has 7 heteroatoms. The van der Waals surface area contributed by atoms with Crippen LogP contribution in [0.3, 0.4) is 0 Å². The van der Waals surface area contributed by atoms with E-state index in [0.717, 1.165) is 0 Å². The molecule has 6 nitrogen and oxygen atoms in total. The fourth-order valence-electron chi connectivity index (χ4n) is 0.308. The van der Waals surface area contributed by atoms with E-state index in [1.807, 2.05) is 0 Å². The molecule has 0 aliphatic carbocycles. The zero-order chi connectivity index (χ0) is 8.20. The fourth-order valence-corrected chi connectivity index (χ4v) is 0.651. The Labute approximate surface area is 58.4 Å². The molecule has 0 aliphatic rings. The maximum Gasteiger partial charge on any atom is 0.469 e. The summed E-state index contributed by atoms with van der Waals surface area (Å²) in [7, 11) is -4.33. The van der Waals surface area contributed by atoms with Gasteiger partial charge >= 0.3 is 7.82 Å². The number of nitrogens with two attached hydrogens (primary N) is 2. The fraction of sp³-hybridized carbons (Fsp3) is 1.00. The van der Waals surface area contributed by atoms with Gasteiger partial charge in [-0.25, -0.2) is 4.57 Å². The highest BCUT2D eigenvalue weighted by molar-refractivity contribution is 7.46. The lowest BCUT2D eigenvalue weighted by Gasteiger charge is -2.06. The van der Waals surface area contributed by atoms with Crippen LogP contribution in [0.5, 0.6) is 0 Å². The van der Waals surface area contributed by atoms with Crippen molar-refractivity contribution >= 4 is 7.82 Å². The smallest absolute Gasteiger partial charge is 0.316 e. The van der Waals surface area contributed by atoms with Crippen molar-refractivity contribution in [2.45, 2.75) is 12.6 Å². The van der Waals surface area contributed by atoms with Crippen LogP contribution in [-0.4, -0.2) is 22.6 Å². The molecule has 62 valence electrons. The van der Waals surface area contributed by atoms with Gasteiger partial charge in [0.05, 0.1) is 12.8 Å². The molecule has 0 bridgehead atoms. The lowest BCUT2D eigenvalue weighted by Crippen LogP contribution is -2.31. The van der Waals surface area contributed by atoms with E-state index in [1.165, 1.54) is 0 Å². The molecule has 0 atom stereocenters. The van der Waals surface area contributed by atoms with Crippen molar-refractivity contribution in [2.24, 2.45) is 11.5 Å². The summed E-state index contributed by atoms with van der Waals surface area (Å²) in [6.07, 6.45) is -0.364. The number of hydrogen-bond donors (Lipinski definition) is 4. The Hall–Kier alpha value is 0.0300. The average molecular weight is 170 g/mol. The number of phosphoric acid groups is 1. The Morgan fingerprint density at radius 3 is 2.30 bits per heavy atom. The van der Waals surface area contributed by atoms with Crippen LogP contribution < -0.4 is 11.5 Å². The zero-order valence-electron chi connectivity index (χ0n) is 5.30. The Bertz CT molecular complexity index is 132. The van der Waals surface area contributed by atoms with E-state index in [4.69, 9.17) is 21.3 Å². The molecule has 0 aromatic carbocycles. The molecule has 10 heavy (non-hydrogen) atoms. The van der Waals surface area contributed by atoms with Gasteiger partial charge in [-0.3, -0.25) is 4.52 Å². The van der Waals surface area contributed by atoms with Crippen molar-refractivity contribution in [1.82, 2.24) is 0 Å². The van der Waals surface area contributed by atoms with Crippen molar-refractivity contribution < 1.29 is 18.9 Å². The molecule has 0 saturated heterocycles. The monoisotopic (exact) mass is 170 g/mol. The molecular weight excluding hydrogens is 159 g/mol. The standard InChI is InChI=1S/C3H11N2O4P/c4-3(5)1-2-9-10(6,7)8/h3H,1-2,4-5H2,(H2,6,7,8). The molecule has 0 spiro atoms. The van der Waals surface area contributed by atoms with Gasteiger partial charge in [-0.15, -0.1) is 0 Å². The normalized spacial score (nSPS) is 12.5. The van der Waals surface area contributed by atoms with Crippen LogP contribution in [0, 0.1) is 0 Å². The molecule has 0 aromatic rings. The lowest BCUT2D eigenvalue weighted by molar-refractivity contribution is 0.191. The summed E-state index contributed by atoms with van der Waals surface area (Å²) >= 11 is 0. The molecular formula is C3H11N2O4P. The SMILES string of the molecule is NC(N)CCOP(=O)(O)O. The first kappa shape index (κ1) is 10.0. The summed E-state index contributed by atoms with van der Waals surface area (Å²) in [6, 6.07) is 0. The summed E-state index contributed by atoms with van der Waals surface area (Å²) in [6.45, 7) is -0.123. The largest absolute Gasteiger partial charge is 0.469 e. The lowest BCUT2D eigenvalue weighted by atomic mass is 10.4. The number of rotatable bonds is 4. The third-order valence-electron chi connectivity index (χ3n) is 0.711. The van der Waals surface area contributed by atoms with Gasteiger partial charge in [-0.05, 0) is 6.42 Å². The summed E-state index contributed by atoms with van der Waals surface area (Å²) in [4.78, 5) is 16.3. The van der Waals surface area contributed by atoms with Gasteiger partial charge in [0.1, 0.15) is 0 Å². The minimum atomic E-state index is -4.33. The van der Waals surface area contributed by atoms with Crippen LogP contribution in [0.4, 0.5) is 0 Å². The average Bonchev–Trinajstić information content (AvgIpc) is 1.59. The number of hydrogen-bond acceptors (Lipinski definition) is 4. The van der Waals surface area contributed by atoms with Crippen LogP contribution in [0.25, 0.3) is 0 Å². The third-order valence-corrected chi connectivity index (χ3v) is 1.23. The van der Waals surface area contributed by atoms with Crippen molar-refractivity contribution in [2.75, 3.05) is 6.61 Å². The summed E-state index contributed by atoms with van der Waals surface area (Å²) in [5, 5.41) is 0. The molecule has 0 amide bonds. The highest BCUT2D eigenvalue weighted by Crippen LogP contribution is 2.35. The van der Waals surface area contributed by atoms with Crippen LogP contribution in [0.1, 0.15) is 6.42 Å². The second-order valence-electron chi connectivity index (χ2n) is 1.78. The van der Waals surface area contributed by atoms with Gasteiger partial charge in [0.2, 0.25) is 0 Å². The van der Waals surface area contributed by atoms with Gasteiger partial charge < -0.3 is 21.3 Å². The second kappa shape index (κ2) is 4.02. The quantitative estimate of drug-likeness (QED) is 0.308. The predicted molar refractivity (Wildman–Crippen MR) is 34.8 cm³/mol. The van der Waals surface area contributed by atoms with E-state index in [-0.39, 0.29) is 13.0 Å². The molecule has 0 aromatic heterocycles. The second-order valence-corrected chi connectivity index (χ2v) is 3.02. The van der Waals surface area contributed by atoms with Crippen molar-refractivity contribution in [1.29, 1.82) is 0 Å². The Morgan fingerprint density at radius 1 is 1.50 bits per heavy atom. The minimum absolute atomic E-state index is 0.123. The highest BCUT2D eigenvalue weighted by Gasteiger charge is 2.12. The van der Waals surface area contributed by atoms with Crippen molar-refractivity contribution in [3.05, 3.63) is 0 Å². The van der Waals surface area contributed by atoms with E-state index in [9.17, 15) is 4.57 Å². The highest BCUT2D eigenvalue weighted by atomic mass is 31.2. The van der Waals surface area contributed by atoms with Crippen LogP contribution in [-0.2, 0) is 9.09 Å². The Morgan fingerprint density at radius 2 is 2.00 bits per heavy atom. The van der Waals surface area contributed by atoms with Gasteiger partial charge in [-0.1, -0.05) is 0 Å². The minimum Gasteiger partial charge on any atom is -0.316 e. The van der Waals surface area contributed by atoms with Gasteiger partial charge in [0, 0.05) is 0 Å². The summed E-state index contributed by atoms with van der Waals surface area (Å²) in [5.74, 6) is 0. The first-order chi connectivity index (χ1) is 4.42. The van der Waals surface area contributed by atoms with Gasteiger partial charge in [0.25, 0.3) is 0 Å². The van der Waals surface area contributed by atoms with Crippen LogP contribution in [0.2, 0.25) is 0 Å². The molecule has 0 rings (SSSR count). The van der Waals surface area contributed by atoms with E-state index in [2.05, 4.69) is 4.52 Å². The summed E-state index contributed by atoms with van der Waals surface area (Å²) in [5.41, 5.74) is 10.1. The maximum absolute atomic E-state index is 10.0. The topological polar surface area (TPSA) is 119 Å². The van der Waals surface area contributed by atoms with E-state index in [1.54, 1.807) is 0 Å². The summed E-state index contributed by atoms with van der Waals surface area (Å²) < 4.78 is 14.1. The van der Waals surface area contributed by atoms with Crippen LogP contribution >= 0.6 is 7.82 Å². The Balaban J connectivity index is 3.30. The maximum atomic E-state index is 10.0. The molecule has 0 aliphatic heterocycles. The molecule has 6 N–H and O–H groups in total. The Kier molecular flexibility index (Phi) is 4.04. The van der Waals surface area contributed by atoms with Crippen molar-refractivity contribution in [3.8, 4) is 0 Å². The van der Waals surface area contributed by atoms with Gasteiger partial charge in [0.15, 0.2) is 0 Å². The molecule has 0 saturated carbocycles. The van der Waals surface area contributed by atoms with Crippen molar-refractivity contribution in [3.63, 3.8) is 0 Å². The first-order valence-corrected chi connectivity index (χ1v) is 4.16. The van der Waals surface area contributed by atoms with E-state index >= 15 is 0 Å². The molecule has 0 fully saturated rings. The van der Waals surface area contributed by atoms with E-state index in [0.29, 0.717) is 0 Å². The zero-order valence-corrected chi connectivity index (χ0v) is 6.20. The molecule has 0 heterocycles. The third kappa shape index (κ3) is 8.03. The predicted octanol–water partition coefficient (Wildman–Crippen LogP) is -1.27. The van der Waals surface area contributed by atoms with E-state index < -0.39 is 14.0 Å². The van der Waals surface area contributed by atoms with Gasteiger partial charge in [-0.2, -0.15) is 0 Å². The molecule has 0 radical (unpaired) electrons. The first-order valence-electron chi connectivity index (χ1n) is 2.63. The number of phosphoric ester groups is 1. The molecule has 0 unspecified atom stereocenters. The van der Waals surface area contributed by atoms with Crippen LogP contribution in [0.15, 0.2) is 0 Å².